The van der Waals surface area contributed by atoms with Gasteiger partial charge in [0.2, 0.25) is 0 Å². The molecule has 0 N–H and O–H groups in total. The number of fused-ring (bicyclic) bond motifs is 1. The summed E-state index contributed by atoms with van der Waals surface area (Å²) in [7, 11) is 0. The topological polar surface area (TPSA) is 0 Å². The highest BCUT2D eigenvalue weighted by Gasteiger charge is 2.12. The zero-order valence-electron chi connectivity index (χ0n) is 8.93. The van der Waals surface area contributed by atoms with Crippen LogP contribution in [0.1, 0.15) is 11.1 Å². The van der Waals surface area contributed by atoms with Crippen molar-refractivity contribution in [3.8, 4) is 0 Å². The van der Waals surface area contributed by atoms with Crippen molar-refractivity contribution >= 4 is 61.0 Å². The second kappa shape index (κ2) is 4.85. The van der Waals surface area contributed by atoms with E-state index in [-0.39, 0.29) is 0 Å². The van der Waals surface area contributed by atoms with Crippen LogP contribution in [0.2, 0.25) is 5.02 Å². The molecular weight excluding hydrogens is 319 g/mol. The quantitative estimate of drug-likeness (QED) is 0.624. The van der Waals surface area contributed by atoms with Crippen molar-refractivity contribution in [2.24, 2.45) is 0 Å². The molecule has 17 heavy (non-hydrogen) atoms. The van der Waals surface area contributed by atoms with Gasteiger partial charge in [-0.3, -0.25) is 0 Å². The fourth-order valence-electron chi connectivity index (χ4n) is 1.78. The standard InChI is InChI=1S/C14H9BrCl2/c1-3-9-11(8(2)16)7-12-10(14(9)15)5-4-6-13(12)17/h3-7H,1-2H2. The lowest BCUT2D eigenvalue weighted by molar-refractivity contribution is 1.61. The van der Waals surface area contributed by atoms with Crippen LogP contribution in [-0.2, 0) is 0 Å². The first-order chi connectivity index (χ1) is 8.06. The molecule has 0 unspecified atom stereocenters. The molecule has 0 saturated heterocycles. The van der Waals surface area contributed by atoms with Crippen molar-refractivity contribution < 1.29 is 0 Å². The van der Waals surface area contributed by atoms with Crippen molar-refractivity contribution in [2.75, 3.05) is 0 Å². The Hall–Kier alpha value is -0.760. The Morgan fingerprint density at radius 3 is 2.59 bits per heavy atom. The van der Waals surface area contributed by atoms with E-state index in [1.807, 2.05) is 24.3 Å². The third kappa shape index (κ3) is 2.15. The van der Waals surface area contributed by atoms with Crippen molar-refractivity contribution in [3.63, 3.8) is 0 Å². The van der Waals surface area contributed by atoms with Gasteiger partial charge in [0.25, 0.3) is 0 Å². The molecule has 0 radical (unpaired) electrons. The van der Waals surface area contributed by atoms with Gasteiger partial charge in [0, 0.05) is 25.5 Å². The lowest BCUT2D eigenvalue weighted by atomic mass is 10.0. The van der Waals surface area contributed by atoms with Gasteiger partial charge in [-0.1, -0.05) is 54.6 Å². The second-order valence-electron chi connectivity index (χ2n) is 3.60. The highest BCUT2D eigenvalue weighted by Crippen LogP contribution is 2.37. The molecule has 2 aromatic carbocycles. The molecule has 3 heteroatoms. The molecule has 0 atom stereocenters. The Balaban J connectivity index is 2.98. The van der Waals surface area contributed by atoms with Gasteiger partial charge >= 0.3 is 0 Å². The van der Waals surface area contributed by atoms with Crippen molar-refractivity contribution in [1.29, 1.82) is 0 Å². The Morgan fingerprint density at radius 2 is 2.00 bits per heavy atom. The lowest BCUT2D eigenvalue weighted by Crippen LogP contribution is -1.88. The van der Waals surface area contributed by atoms with Gasteiger partial charge in [-0.05, 0) is 39.0 Å². The Bertz CT molecular complexity index is 630. The van der Waals surface area contributed by atoms with Crippen molar-refractivity contribution in [3.05, 3.63) is 58.0 Å². The number of halogens is 3. The molecule has 0 bridgehead atoms. The zero-order valence-corrected chi connectivity index (χ0v) is 12.0. The summed E-state index contributed by atoms with van der Waals surface area (Å²) in [6.07, 6.45) is 1.76. The van der Waals surface area contributed by atoms with Gasteiger partial charge in [0.15, 0.2) is 0 Å². The average Bonchev–Trinajstić information content (AvgIpc) is 2.30. The monoisotopic (exact) mass is 326 g/mol. The summed E-state index contributed by atoms with van der Waals surface area (Å²) in [4.78, 5) is 0. The van der Waals surface area contributed by atoms with Crippen LogP contribution in [0.5, 0.6) is 0 Å². The van der Waals surface area contributed by atoms with Gasteiger partial charge < -0.3 is 0 Å². The van der Waals surface area contributed by atoms with E-state index in [1.54, 1.807) is 6.08 Å². The molecule has 0 aliphatic heterocycles. The van der Waals surface area contributed by atoms with E-state index in [1.165, 1.54) is 0 Å². The van der Waals surface area contributed by atoms with Gasteiger partial charge in [0.1, 0.15) is 0 Å². The summed E-state index contributed by atoms with van der Waals surface area (Å²) in [6.45, 7) is 7.57. The average molecular weight is 328 g/mol. The molecule has 2 rings (SSSR count). The molecule has 0 aliphatic rings. The summed E-state index contributed by atoms with van der Waals surface area (Å²) in [6, 6.07) is 7.70. The highest BCUT2D eigenvalue weighted by molar-refractivity contribution is 9.10. The molecule has 0 nitrogen and oxygen atoms in total. The maximum absolute atomic E-state index is 6.18. The fourth-order valence-corrected chi connectivity index (χ4v) is 2.89. The van der Waals surface area contributed by atoms with E-state index >= 15 is 0 Å². The molecule has 0 heterocycles. The number of hydrogen-bond donors (Lipinski definition) is 0. The summed E-state index contributed by atoms with van der Waals surface area (Å²) in [5, 5.41) is 3.15. The number of benzene rings is 2. The van der Waals surface area contributed by atoms with Crippen LogP contribution in [0.15, 0.2) is 41.9 Å². The molecule has 86 valence electrons. The van der Waals surface area contributed by atoms with Crippen LogP contribution in [0, 0.1) is 0 Å². The molecule has 0 amide bonds. The second-order valence-corrected chi connectivity index (χ2v) is 5.25. The predicted octanol–water partition coefficient (Wildman–Crippen LogP) is 6.11. The Labute approximate surface area is 119 Å². The molecule has 0 aliphatic carbocycles. The van der Waals surface area contributed by atoms with E-state index in [4.69, 9.17) is 23.2 Å². The van der Waals surface area contributed by atoms with Gasteiger partial charge in [0.05, 0.1) is 0 Å². The highest BCUT2D eigenvalue weighted by atomic mass is 79.9. The normalized spacial score (nSPS) is 10.5. The van der Waals surface area contributed by atoms with E-state index < -0.39 is 0 Å². The minimum Gasteiger partial charge on any atom is -0.0984 e. The minimum atomic E-state index is 0.474. The molecule has 0 aromatic heterocycles. The van der Waals surface area contributed by atoms with Crippen LogP contribution in [0.3, 0.4) is 0 Å². The molecule has 2 aromatic rings. The SMILES string of the molecule is C=Cc1c(C(=C)Cl)cc2c(Cl)cccc2c1Br. The van der Waals surface area contributed by atoms with E-state index in [0.717, 1.165) is 26.4 Å². The largest absolute Gasteiger partial charge is 0.0984 e. The first kappa shape index (κ1) is 12.7. The first-order valence-corrected chi connectivity index (χ1v) is 6.49. The predicted molar refractivity (Wildman–Crippen MR) is 81.6 cm³/mol. The molecule has 0 fully saturated rings. The van der Waals surface area contributed by atoms with E-state index in [9.17, 15) is 0 Å². The van der Waals surface area contributed by atoms with Gasteiger partial charge in [-0.2, -0.15) is 0 Å². The third-order valence-corrected chi connectivity index (χ3v) is 3.99. The van der Waals surface area contributed by atoms with E-state index in [2.05, 4.69) is 29.1 Å². The van der Waals surface area contributed by atoms with Crippen molar-refractivity contribution in [1.82, 2.24) is 0 Å². The molecule has 0 saturated carbocycles. The maximum atomic E-state index is 6.18. The molecule has 0 spiro atoms. The number of hydrogen-bond acceptors (Lipinski definition) is 0. The maximum Gasteiger partial charge on any atom is 0.0485 e. The minimum absolute atomic E-state index is 0.474. The third-order valence-electron chi connectivity index (χ3n) is 2.60. The van der Waals surface area contributed by atoms with Gasteiger partial charge in [-0.25, -0.2) is 0 Å². The van der Waals surface area contributed by atoms with E-state index in [0.29, 0.717) is 10.1 Å². The van der Waals surface area contributed by atoms with Gasteiger partial charge in [-0.15, -0.1) is 0 Å². The lowest BCUT2D eigenvalue weighted by Gasteiger charge is -2.11. The zero-order chi connectivity index (χ0) is 12.6. The van der Waals surface area contributed by atoms with Crippen LogP contribution < -0.4 is 0 Å². The number of rotatable bonds is 2. The fraction of sp³-hybridized carbons (Fsp3) is 0. The molecular formula is C14H9BrCl2. The van der Waals surface area contributed by atoms with Crippen LogP contribution in [0.25, 0.3) is 21.9 Å². The summed E-state index contributed by atoms with van der Waals surface area (Å²) < 4.78 is 0.935. The van der Waals surface area contributed by atoms with Crippen molar-refractivity contribution in [2.45, 2.75) is 0 Å². The summed E-state index contributed by atoms with van der Waals surface area (Å²) >= 11 is 15.8. The smallest absolute Gasteiger partial charge is 0.0485 e. The Kier molecular flexibility index (Phi) is 3.62. The summed E-state index contributed by atoms with van der Waals surface area (Å²) in [5.41, 5.74) is 1.77. The van der Waals surface area contributed by atoms with Crippen LogP contribution in [-0.4, -0.2) is 0 Å². The van der Waals surface area contributed by atoms with Crippen LogP contribution >= 0.6 is 39.1 Å². The van der Waals surface area contributed by atoms with Crippen LogP contribution in [0.4, 0.5) is 0 Å². The summed E-state index contributed by atoms with van der Waals surface area (Å²) in [5.74, 6) is 0. The Morgan fingerprint density at radius 1 is 1.29 bits per heavy atom. The first-order valence-electron chi connectivity index (χ1n) is 4.94.